The van der Waals surface area contributed by atoms with Gasteiger partial charge in [0.25, 0.3) is 0 Å². The number of nitrogens with zero attached hydrogens (tertiary/aromatic N) is 1. The molecular weight excluding hydrogens is 236 g/mol. The van der Waals surface area contributed by atoms with Crippen LogP contribution >= 0.6 is 0 Å². The lowest BCUT2D eigenvalue weighted by molar-refractivity contribution is -0.143. The van der Waals surface area contributed by atoms with E-state index in [1.807, 2.05) is 0 Å². The van der Waals surface area contributed by atoms with Crippen LogP contribution < -0.4 is 5.32 Å². The zero-order valence-corrected chi connectivity index (χ0v) is 12.3. The third kappa shape index (κ3) is 2.54. The molecule has 0 radical (unpaired) electrons. The monoisotopic (exact) mass is 264 g/mol. The first-order valence-electron chi connectivity index (χ1n) is 8.22. The second-order valence-corrected chi connectivity index (χ2v) is 7.06. The standard InChI is InChI=1S/C16H28N2O/c1-16(8-2-3-9-16)15(19)18-12-4-5-14(18)13-6-10-17-11-7-13/h13-14,17H,2-12H2,1H3. The molecule has 3 nitrogen and oxygen atoms in total. The number of hydrogen-bond acceptors (Lipinski definition) is 2. The molecule has 0 spiro atoms. The van der Waals surface area contributed by atoms with Crippen molar-refractivity contribution in [3.05, 3.63) is 0 Å². The number of likely N-dealkylation sites (tertiary alicyclic amines) is 1. The van der Waals surface area contributed by atoms with Crippen molar-refractivity contribution in [1.82, 2.24) is 10.2 Å². The molecule has 0 aromatic carbocycles. The lowest BCUT2D eigenvalue weighted by Gasteiger charge is -2.38. The molecule has 0 aromatic rings. The average Bonchev–Trinajstić information content (AvgIpc) is 3.08. The Balaban J connectivity index is 1.70. The largest absolute Gasteiger partial charge is 0.339 e. The number of carbonyl (C=O) groups is 1. The fourth-order valence-electron chi connectivity index (χ4n) is 4.48. The third-order valence-corrected chi connectivity index (χ3v) is 5.71. The summed E-state index contributed by atoms with van der Waals surface area (Å²) in [5, 5.41) is 3.44. The number of rotatable bonds is 2. The van der Waals surface area contributed by atoms with Crippen LogP contribution in [0.3, 0.4) is 0 Å². The van der Waals surface area contributed by atoms with Crippen LogP contribution in [0.25, 0.3) is 0 Å². The zero-order chi connectivity index (χ0) is 13.3. The Hall–Kier alpha value is -0.570. The summed E-state index contributed by atoms with van der Waals surface area (Å²) in [6.07, 6.45) is 9.68. The quantitative estimate of drug-likeness (QED) is 0.831. The van der Waals surface area contributed by atoms with E-state index in [4.69, 9.17) is 0 Å². The number of nitrogens with one attached hydrogen (secondary N) is 1. The van der Waals surface area contributed by atoms with E-state index < -0.39 is 0 Å². The van der Waals surface area contributed by atoms with Crippen molar-refractivity contribution in [2.75, 3.05) is 19.6 Å². The molecule has 3 aliphatic rings. The highest BCUT2D eigenvalue weighted by atomic mass is 16.2. The van der Waals surface area contributed by atoms with Gasteiger partial charge >= 0.3 is 0 Å². The van der Waals surface area contributed by atoms with Crippen LogP contribution in [0.1, 0.15) is 58.3 Å². The molecule has 3 rings (SSSR count). The van der Waals surface area contributed by atoms with Crippen LogP contribution in [0.2, 0.25) is 0 Å². The van der Waals surface area contributed by atoms with E-state index in [1.165, 1.54) is 38.5 Å². The maximum atomic E-state index is 12.9. The minimum Gasteiger partial charge on any atom is -0.339 e. The van der Waals surface area contributed by atoms with Gasteiger partial charge in [-0.25, -0.2) is 0 Å². The van der Waals surface area contributed by atoms with Gasteiger partial charge in [0.1, 0.15) is 0 Å². The predicted octanol–water partition coefficient (Wildman–Crippen LogP) is 2.56. The summed E-state index contributed by atoms with van der Waals surface area (Å²) in [7, 11) is 0. The van der Waals surface area contributed by atoms with Crippen LogP contribution in [0.15, 0.2) is 0 Å². The highest BCUT2D eigenvalue weighted by Crippen LogP contribution is 2.41. The summed E-state index contributed by atoms with van der Waals surface area (Å²) in [6, 6.07) is 0.548. The molecule has 1 saturated carbocycles. The van der Waals surface area contributed by atoms with E-state index in [2.05, 4.69) is 17.1 Å². The van der Waals surface area contributed by atoms with Gasteiger partial charge in [-0.05, 0) is 57.5 Å². The fourth-order valence-corrected chi connectivity index (χ4v) is 4.48. The molecular formula is C16H28N2O. The van der Waals surface area contributed by atoms with Crippen molar-refractivity contribution in [1.29, 1.82) is 0 Å². The number of amides is 1. The molecule has 1 atom stereocenters. The maximum Gasteiger partial charge on any atom is 0.228 e. The Bertz CT molecular complexity index is 330. The molecule has 2 heterocycles. The number of piperidine rings is 1. The Morgan fingerprint density at radius 3 is 2.47 bits per heavy atom. The van der Waals surface area contributed by atoms with E-state index in [-0.39, 0.29) is 5.41 Å². The Kier molecular flexibility index (Phi) is 3.84. The van der Waals surface area contributed by atoms with Crippen LogP contribution in [-0.4, -0.2) is 36.5 Å². The normalized spacial score (nSPS) is 31.8. The molecule has 0 bridgehead atoms. The topological polar surface area (TPSA) is 32.3 Å². The van der Waals surface area contributed by atoms with Crippen LogP contribution in [0, 0.1) is 11.3 Å². The van der Waals surface area contributed by atoms with Crippen LogP contribution in [0.4, 0.5) is 0 Å². The van der Waals surface area contributed by atoms with Crippen LogP contribution in [-0.2, 0) is 4.79 Å². The third-order valence-electron chi connectivity index (χ3n) is 5.71. The SMILES string of the molecule is CC1(C(=O)N2CCCC2C2CCNCC2)CCCC1. The van der Waals surface area contributed by atoms with Gasteiger partial charge in [0.15, 0.2) is 0 Å². The molecule has 2 aliphatic heterocycles. The number of hydrogen-bond donors (Lipinski definition) is 1. The second kappa shape index (κ2) is 5.43. The van der Waals surface area contributed by atoms with Crippen molar-refractivity contribution < 1.29 is 4.79 Å². The van der Waals surface area contributed by atoms with Crippen molar-refractivity contribution in [2.24, 2.45) is 11.3 Å². The molecule has 1 amide bonds. The lowest BCUT2D eigenvalue weighted by Crippen LogP contribution is -2.48. The first-order chi connectivity index (χ1) is 9.21. The van der Waals surface area contributed by atoms with Crippen molar-refractivity contribution in [3.63, 3.8) is 0 Å². The van der Waals surface area contributed by atoms with Gasteiger partial charge < -0.3 is 10.2 Å². The van der Waals surface area contributed by atoms with Crippen molar-refractivity contribution >= 4 is 5.91 Å². The summed E-state index contributed by atoms with van der Waals surface area (Å²) in [6.45, 7) is 5.50. The predicted molar refractivity (Wildman–Crippen MR) is 76.9 cm³/mol. The molecule has 3 fully saturated rings. The minimum absolute atomic E-state index is 0.0322. The second-order valence-electron chi connectivity index (χ2n) is 7.06. The lowest BCUT2D eigenvalue weighted by atomic mass is 9.84. The highest BCUT2D eigenvalue weighted by molar-refractivity contribution is 5.83. The summed E-state index contributed by atoms with van der Waals surface area (Å²) in [5.41, 5.74) is -0.0322. The summed E-state index contributed by atoms with van der Waals surface area (Å²) in [4.78, 5) is 15.2. The van der Waals surface area contributed by atoms with E-state index >= 15 is 0 Å². The molecule has 3 heteroatoms. The molecule has 108 valence electrons. The summed E-state index contributed by atoms with van der Waals surface area (Å²) >= 11 is 0. The zero-order valence-electron chi connectivity index (χ0n) is 12.3. The summed E-state index contributed by atoms with van der Waals surface area (Å²) < 4.78 is 0. The van der Waals surface area contributed by atoms with E-state index in [1.54, 1.807) is 0 Å². The van der Waals surface area contributed by atoms with E-state index in [0.717, 1.165) is 38.4 Å². The summed E-state index contributed by atoms with van der Waals surface area (Å²) in [5.74, 6) is 1.23. The average molecular weight is 264 g/mol. The molecule has 0 aromatic heterocycles. The highest BCUT2D eigenvalue weighted by Gasteiger charge is 2.44. The molecule has 1 unspecified atom stereocenters. The first kappa shape index (κ1) is 13.4. The van der Waals surface area contributed by atoms with Gasteiger partial charge in [-0.3, -0.25) is 4.79 Å². The minimum atomic E-state index is -0.0322. The fraction of sp³-hybridized carbons (Fsp3) is 0.938. The van der Waals surface area contributed by atoms with E-state index in [0.29, 0.717) is 11.9 Å². The van der Waals surface area contributed by atoms with Gasteiger partial charge in [0, 0.05) is 18.0 Å². The Labute approximate surface area is 117 Å². The van der Waals surface area contributed by atoms with Gasteiger partial charge in [-0.1, -0.05) is 19.8 Å². The van der Waals surface area contributed by atoms with Gasteiger partial charge in [-0.2, -0.15) is 0 Å². The van der Waals surface area contributed by atoms with Gasteiger partial charge in [0.05, 0.1) is 0 Å². The molecule has 1 N–H and O–H groups in total. The van der Waals surface area contributed by atoms with Crippen molar-refractivity contribution in [3.8, 4) is 0 Å². The van der Waals surface area contributed by atoms with Gasteiger partial charge in [0.2, 0.25) is 5.91 Å². The first-order valence-corrected chi connectivity index (χ1v) is 8.22. The molecule has 1 aliphatic carbocycles. The van der Waals surface area contributed by atoms with Crippen LogP contribution in [0.5, 0.6) is 0 Å². The smallest absolute Gasteiger partial charge is 0.228 e. The molecule has 19 heavy (non-hydrogen) atoms. The van der Waals surface area contributed by atoms with Gasteiger partial charge in [-0.15, -0.1) is 0 Å². The maximum absolute atomic E-state index is 12.9. The number of carbonyl (C=O) groups excluding carboxylic acids is 1. The van der Waals surface area contributed by atoms with E-state index in [9.17, 15) is 4.79 Å². The Morgan fingerprint density at radius 2 is 1.79 bits per heavy atom. The van der Waals surface area contributed by atoms with Crippen molar-refractivity contribution in [2.45, 2.75) is 64.3 Å². The Morgan fingerprint density at radius 1 is 1.11 bits per heavy atom. The molecule has 2 saturated heterocycles.